The van der Waals surface area contributed by atoms with Crippen LogP contribution in [0.1, 0.15) is 57.1 Å². The standard InChI is InChI=1S/C19H29NO/c1-17(2)9-11-18(14-20,12-10-17)19(21)8-7-15-5-3-4-6-16(15)13-19/h3-6,21H,7-14,20H2,1-2H3. The number of nitrogens with two attached hydrogens (primary N) is 1. The van der Waals surface area contributed by atoms with Gasteiger partial charge < -0.3 is 10.8 Å². The van der Waals surface area contributed by atoms with Gasteiger partial charge in [0.25, 0.3) is 0 Å². The maximum absolute atomic E-state index is 11.5. The number of hydrogen-bond acceptors (Lipinski definition) is 2. The SMILES string of the molecule is CC1(C)CCC(CN)(C2(O)CCc3ccccc3C2)CC1. The van der Waals surface area contributed by atoms with Gasteiger partial charge in [-0.25, -0.2) is 0 Å². The third-order valence-electron chi connectivity index (χ3n) is 6.35. The topological polar surface area (TPSA) is 46.2 Å². The van der Waals surface area contributed by atoms with Gasteiger partial charge in [-0.05, 0) is 55.1 Å². The van der Waals surface area contributed by atoms with Gasteiger partial charge >= 0.3 is 0 Å². The van der Waals surface area contributed by atoms with Crippen LogP contribution in [0, 0.1) is 10.8 Å². The molecule has 0 aliphatic heterocycles. The second kappa shape index (κ2) is 5.10. The average molecular weight is 287 g/mol. The maximum atomic E-state index is 11.5. The maximum Gasteiger partial charge on any atom is 0.0759 e. The highest BCUT2D eigenvalue weighted by Crippen LogP contribution is 2.53. The smallest absolute Gasteiger partial charge is 0.0759 e. The lowest BCUT2D eigenvalue weighted by Gasteiger charge is -2.54. The summed E-state index contributed by atoms with van der Waals surface area (Å²) in [5, 5.41) is 11.5. The lowest BCUT2D eigenvalue weighted by atomic mass is 9.55. The molecule has 1 aromatic carbocycles. The van der Waals surface area contributed by atoms with Crippen molar-refractivity contribution < 1.29 is 5.11 Å². The van der Waals surface area contributed by atoms with Gasteiger partial charge in [-0.3, -0.25) is 0 Å². The first-order valence-corrected chi connectivity index (χ1v) is 8.39. The van der Waals surface area contributed by atoms with Crippen molar-refractivity contribution in [1.82, 2.24) is 0 Å². The zero-order chi connectivity index (χ0) is 15.1. The highest BCUT2D eigenvalue weighted by molar-refractivity contribution is 5.32. The molecule has 2 heteroatoms. The predicted molar refractivity (Wildman–Crippen MR) is 87.2 cm³/mol. The van der Waals surface area contributed by atoms with Gasteiger partial charge in [0.05, 0.1) is 5.60 Å². The molecule has 3 rings (SSSR count). The van der Waals surface area contributed by atoms with Gasteiger partial charge in [-0.15, -0.1) is 0 Å². The Labute approximate surface area is 128 Å². The van der Waals surface area contributed by atoms with E-state index in [1.807, 2.05) is 0 Å². The highest BCUT2D eigenvalue weighted by atomic mass is 16.3. The predicted octanol–water partition coefficient (Wildman–Crippen LogP) is 3.45. The number of aliphatic hydroxyl groups is 1. The van der Waals surface area contributed by atoms with Gasteiger partial charge in [0.1, 0.15) is 0 Å². The molecule has 0 amide bonds. The molecule has 1 atom stereocenters. The third-order valence-corrected chi connectivity index (χ3v) is 6.35. The van der Waals surface area contributed by atoms with Crippen LogP contribution in [0.3, 0.4) is 0 Å². The first-order valence-electron chi connectivity index (χ1n) is 8.39. The van der Waals surface area contributed by atoms with Gasteiger partial charge in [0, 0.05) is 18.4 Å². The fourth-order valence-electron chi connectivity index (χ4n) is 4.44. The van der Waals surface area contributed by atoms with Crippen molar-refractivity contribution in [2.45, 2.75) is 64.4 Å². The van der Waals surface area contributed by atoms with Crippen molar-refractivity contribution in [3.05, 3.63) is 35.4 Å². The van der Waals surface area contributed by atoms with E-state index < -0.39 is 5.60 Å². The zero-order valence-corrected chi connectivity index (χ0v) is 13.5. The van der Waals surface area contributed by atoms with E-state index in [0.717, 1.165) is 32.1 Å². The van der Waals surface area contributed by atoms with E-state index in [0.29, 0.717) is 12.0 Å². The van der Waals surface area contributed by atoms with Crippen LogP contribution in [-0.4, -0.2) is 17.3 Å². The van der Waals surface area contributed by atoms with E-state index in [2.05, 4.69) is 38.1 Å². The minimum atomic E-state index is -0.618. The lowest BCUT2D eigenvalue weighted by molar-refractivity contribution is -0.119. The Morgan fingerprint density at radius 2 is 1.62 bits per heavy atom. The van der Waals surface area contributed by atoms with Crippen LogP contribution < -0.4 is 5.73 Å². The lowest BCUT2D eigenvalue weighted by Crippen LogP contribution is -2.57. The van der Waals surface area contributed by atoms with E-state index in [9.17, 15) is 5.11 Å². The van der Waals surface area contributed by atoms with Gasteiger partial charge in [-0.1, -0.05) is 38.1 Å². The second-order valence-corrected chi connectivity index (χ2v) is 8.13. The van der Waals surface area contributed by atoms with Crippen molar-refractivity contribution in [1.29, 1.82) is 0 Å². The molecule has 2 aliphatic carbocycles. The molecule has 0 bridgehead atoms. The van der Waals surface area contributed by atoms with E-state index in [4.69, 9.17) is 5.73 Å². The van der Waals surface area contributed by atoms with Gasteiger partial charge in [0.2, 0.25) is 0 Å². The number of fused-ring (bicyclic) bond motifs is 1. The molecule has 3 N–H and O–H groups in total. The zero-order valence-electron chi connectivity index (χ0n) is 13.5. The molecule has 2 aliphatic rings. The summed E-state index contributed by atoms with van der Waals surface area (Å²) in [5.41, 5.74) is 8.63. The highest BCUT2D eigenvalue weighted by Gasteiger charge is 2.52. The van der Waals surface area contributed by atoms with E-state index >= 15 is 0 Å². The summed E-state index contributed by atoms with van der Waals surface area (Å²) < 4.78 is 0. The number of hydrogen-bond donors (Lipinski definition) is 2. The summed E-state index contributed by atoms with van der Waals surface area (Å²) in [7, 11) is 0. The molecule has 0 saturated heterocycles. The first kappa shape index (κ1) is 15.1. The molecule has 0 aromatic heterocycles. The first-order chi connectivity index (χ1) is 9.90. The van der Waals surface area contributed by atoms with Crippen molar-refractivity contribution in [2.75, 3.05) is 6.54 Å². The molecular weight excluding hydrogens is 258 g/mol. The van der Waals surface area contributed by atoms with Crippen LogP contribution in [0.25, 0.3) is 0 Å². The third kappa shape index (κ3) is 2.53. The molecule has 1 unspecified atom stereocenters. The monoisotopic (exact) mass is 287 g/mol. The summed E-state index contributed by atoms with van der Waals surface area (Å²) in [6.07, 6.45) is 7.10. The minimum Gasteiger partial charge on any atom is -0.389 e. The van der Waals surface area contributed by atoms with Crippen molar-refractivity contribution in [3.63, 3.8) is 0 Å². The summed E-state index contributed by atoms with van der Waals surface area (Å²) >= 11 is 0. The van der Waals surface area contributed by atoms with Crippen LogP contribution in [0.15, 0.2) is 24.3 Å². The summed E-state index contributed by atoms with van der Waals surface area (Å²) in [4.78, 5) is 0. The Morgan fingerprint density at radius 1 is 1.00 bits per heavy atom. The van der Waals surface area contributed by atoms with Crippen LogP contribution in [0.2, 0.25) is 0 Å². The summed E-state index contributed by atoms with van der Waals surface area (Å²) in [6.45, 7) is 5.29. The second-order valence-electron chi connectivity index (χ2n) is 8.13. The molecule has 1 fully saturated rings. The molecule has 0 spiro atoms. The molecule has 0 heterocycles. The number of benzene rings is 1. The largest absolute Gasteiger partial charge is 0.389 e. The van der Waals surface area contributed by atoms with Crippen LogP contribution in [-0.2, 0) is 12.8 Å². The van der Waals surface area contributed by atoms with E-state index in [1.165, 1.54) is 24.0 Å². The molecule has 1 aromatic rings. The van der Waals surface area contributed by atoms with Crippen LogP contribution in [0.5, 0.6) is 0 Å². The Morgan fingerprint density at radius 3 is 2.24 bits per heavy atom. The molecule has 1 saturated carbocycles. The quantitative estimate of drug-likeness (QED) is 0.875. The van der Waals surface area contributed by atoms with Gasteiger partial charge in [0.15, 0.2) is 0 Å². The number of rotatable bonds is 2. The normalized spacial score (nSPS) is 30.7. The van der Waals surface area contributed by atoms with Crippen molar-refractivity contribution >= 4 is 0 Å². The number of aryl methyl sites for hydroxylation is 1. The molecule has 0 radical (unpaired) electrons. The van der Waals surface area contributed by atoms with Crippen LogP contribution >= 0.6 is 0 Å². The molecule has 116 valence electrons. The van der Waals surface area contributed by atoms with E-state index in [1.54, 1.807) is 0 Å². The fraction of sp³-hybridized carbons (Fsp3) is 0.684. The Balaban J connectivity index is 1.88. The van der Waals surface area contributed by atoms with Crippen LogP contribution in [0.4, 0.5) is 0 Å². The van der Waals surface area contributed by atoms with Crippen molar-refractivity contribution in [3.8, 4) is 0 Å². The molecule has 2 nitrogen and oxygen atoms in total. The van der Waals surface area contributed by atoms with Gasteiger partial charge in [-0.2, -0.15) is 0 Å². The van der Waals surface area contributed by atoms with E-state index in [-0.39, 0.29) is 5.41 Å². The van der Waals surface area contributed by atoms with Crippen molar-refractivity contribution in [2.24, 2.45) is 16.6 Å². The fourth-order valence-corrected chi connectivity index (χ4v) is 4.44. The Kier molecular flexibility index (Phi) is 3.66. The molecular formula is C19H29NO. The Bertz CT molecular complexity index is 512. The average Bonchev–Trinajstić information content (AvgIpc) is 2.47. The molecule has 21 heavy (non-hydrogen) atoms. The Hall–Kier alpha value is -0.860. The summed E-state index contributed by atoms with van der Waals surface area (Å²) in [6, 6.07) is 8.57. The minimum absolute atomic E-state index is 0.0873. The summed E-state index contributed by atoms with van der Waals surface area (Å²) in [5.74, 6) is 0.